The van der Waals surface area contributed by atoms with Crippen LogP contribution >= 0.6 is 0 Å². The molecule has 1 aliphatic rings. The van der Waals surface area contributed by atoms with Gasteiger partial charge in [0.25, 0.3) is 0 Å². The fourth-order valence-electron chi connectivity index (χ4n) is 2.65. The molecule has 120 valence electrons. The fourth-order valence-corrected chi connectivity index (χ4v) is 2.65. The molecule has 4 nitrogen and oxygen atoms in total. The van der Waals surface area contributed by atoms with Crippen molar-refractivity contribution < 1.29 is 17.6 Å². The van der Waals surface area contributed by atoms with Crippen LogP contribution < -0.4 is 5.32 Å². The molecule has 1 fully saturated rings. The number of aromatic nitrogens is 2. The maximum atomic E-state index is 13.1. The van der Waals surface area contributed by atoms with E-state index in [1.165, 1.54) is 0 Å². The van der Waals surface area contributed by atoms with E-state index in [1.54, 1.807) is 0 Å². The van der Waals surface area contributed by atoms with Gasteiger partial charge in [0, 0.05) is 11.5 Å². The van der Waals surface area contributed by atoms with Crippen molar-refractivity contribution >= 4 is 0 Å². The smallest absolute Gasteiger partial charge is 0.392 e. The van der Waals surface area contributed by atoms with Crippen LogP contribution in [0.25, 0.3) is 0 Å². The van der Waals surface area contributed by atoms with Gasteiger partial charge in [0.15, 0.2) is 0 Å². The number of hydrogen-bond donors (Lipinski definition) is 1. The summed E-state index contributed by atoms with van der Waals surface area (Å²) in [7, 11) is 0. The van der Waals surface area contributed by atoms with E-state index in [9.17, 15) is 13.2 Å². The molecule has 1 N–H and O–H groups in total. The molecule has 2 unspecified atom stereocenters. The molecule has 2 rings (SSSR count). The van der Waals surface area contributed by atoms with Gasteiger partial charge in [-0.05, 0) is 33.6 Å². The first-order valence-corrected chi connectivity index (χ1v) is 7.31. The number of halogens is 3. The van der Waals surface area contributed by atoms with Gasteiger partial charge in [-0.2, -0.15) is 13.2 Å². The molecule has 2 atom stereocenters. The zero-order valence-electron chi connectivity index (χ0n) is 12.6. The summed E-state index contributed by atoms with van der Waals surface area (Å²) in [6, 6.07) is 0. The Bertz CT molecular complexity index is 465. The van der Waals surface area contributed by atoms with E-state index in [0.717, 1.165) is 6.42 Å². The molecule has 1 heterocycles. The monoisotopic (exact) mass is 305 g/mol. The number of rotatable bonds is 3. The predicted octanol–water partition coefficient (Wildman–Crippen LogP) is 3.79. The second kappa shape index (κ2) is 5.94. The van der Waals surface area contributed by atoms with Crippen LogP contribution in [0.3, 0.4) is 0 Å². The Kier molecular flexibility index (Phi) is 4.60. The van der Waals surface area contributed by atoms with E-state index >= 15 is 0 Å². The Hall–Kier alpha value is -1.11. The maximum absolute atomic E-state index is 13.1. The SMILES string of the molecule is CC(C)(C)NCc1nnc(C2CCCCC2C(F)(F)F)o1. The predicted molar refractivity (Wildman–Crippen MR) is 71.6 cm³/mol. The molecule has 0 spiro atoms. The summed E-state index contributed by atoms with van der Waals surface area (Å²) in [5.74, 6) is -1.60. The lowest BCUT2D eigenvalue weighted by atomic mass is 9.79. The Morgan fingerprint density at radius 1 is 1.14 bits per heavy atom. The molecule has 1 saturated carbocycles. The third kappa shape index (κ3) is 4.43. The fraction of sp³-hybridized carbons (Fsp3) is 0.857. The van der Waals surface area contributed by atoms with Crippen molar-refractivity contribution in [1.82, 2.24) is 15.5 Å². The Balaban J connectivity index is 2.08. The van der Waals surface area contributed by atoms with E-state index in [4.69, 9.17) is 4.42 Å². The van der Waals surface area contributed by atoms with Gasteiger partial charge >= 0.3 is 6.18 Å². The van der Waals surface area contributed by atoms with E-state index in [2.05, 4.69) is 15.5 Å². The van der Waals surface area contributed by atoms with Gasteiger partial charge in [0.05, 0.1) is 12.5 Å². The average Bonchev–Trinajstić information content (AvgIpc) is 2.83. The minimum Gasteiger partial charge on any atom is -0.424 e. The van der Waals surface area contributed by atoms with Crippen LogP contribution in [0.4, 0.5) is 13.2 Å². The largest absolute Gasteiger partial charge is 0.424 e. The molecule has 0 saturated heterocycles. The van der Waals surface area contributed by atoms with Crippen molar-refractivity contribution in [3.63, 3.8) is 0 Å². The molecular formula is C14H22F3N3O. The summed E-state index contributed by atoms with van der Waals surface area (Å²) >= 11 is 0. The lowest BCUT2D eigenvalue weighted by molar-refractivity contribution is -0.188. The van der Waals surface area contributed by atoms with Crippen LogP contribution in [0.2, 0.25) is 0 Å². The van der Waals surface area contributed by atoms with Gasteiger partial charge in [0.1, 0.15) is 0 Å². The first-order chi connectivity index (χ1) is 9.67. The van der Waals surface area contributed by atoms with Crippen molar-refractivity contribution in [2.75, 3.05) is 0 Å². The van der Waals surface area contributed by atoms with Crippen LogP contribution in [0.1, 0.15) is 64.2 Å². The molecule has 0 aromatic carbocycles. The van der Waals surface area contributed by atoms with Gasteiger partial charge in [-0.3, -0.25) is 0 Å². The van der Waals surface area contributed by atoms with Crippen molar-refractivity contribution in [3.05, 3.63) is 11.8 Å². The van der Waals surface area contributed by atoms with Crippen molar-refractivity contribution in [2.45, 2.75) is 70.6 Å². The lowest BCUT2D eigenvalue weighted by Gasteiger charge is -2.30. The second-order valence-corrected chi connectivity index (χ2v) is 6.68. The zero-order chi connectivity index (χ0) is 15.7. The van der Waals surface area contributed by atoms with E-state index in [1.807, 2.05) is 20.8 Å². The van der Waals surface area contributed by atoms with Gasteiger partial charge in [-0.15, -0.1) is 10.2 Å². The third-order valence-corrected chi connectivity index (χ3v) is 3.76. The summed E-state index contributed by atoms with van der Waals surface area (Å²) in [5.41, 5.74) is -0.117. The zero-order valence-corrected chi connectivity index (χ0v) is 12.6. The Morgan fingerprint density at radius 3 is 2.43 bits per heavy atom. The summed E-state index contributed by atoms with van der Waals surface area (Å²) in [4.78, 5) is 0. The molecule has 1 aromatic rings. The lowest BCUT2D eigenvalue weighted by Crippen LogP contribution is -2.35. The van der Waals surface area contributed by atoms with Crippen LogP contribution in [-0.4, -0.2) is 21.9 Å². The molecule has 1 aliphatic carbocycles. The molecule has 0 amide bonds. The van der Waals surface area contributed by atoms with Gasteiger partial charge in [0.2, 0.25) is 11.8 Å². The second-order valence-electron chi connectivity index (χ2n) is 6.68. The summed E-state index contributed by atoms with van der Waals surface area (Å²) in [6.07, 6.45) is -2.23. The molecule has 0 bridgehead atoms. The van der Waals surface area contributed by atoms with Crippen molar-refractivity contribution in [1.29, 1.82) is 0 Å². The maximum Gasteiger partial charge on any atom is 0.392 e. The van der Waals surface area contributed by atoms with Gasteiger partial charge in [-0.1, -0.05) is 12.8 Å². The highest BCUT2D eigenvalue weighted by molar-refractivity contribution is 4.99. The number of nitrogens with zero attached hydrogens (tertiary/aromatic N) is 2. The first kappa shape index (κ1) is 16.3. The highest BCUT2D eigenvalue weighted by atomic mass is 19.4. The standard InChI is InChI=1S/C14H22F3N3O/c1-13(2,3)18-8-11-19-20-12(21-11)9-6-4-5-7-10(9)14(15,16)17/h9-10,18H,4-8H2,1-3H3. The van der Waals surface area contributed by atoms with E-state index < -0.39 is 18.0 Å². The molecule has 7 heteroatoms. The molecular weight excluding hydrogens is 283 g/mol. The minimum absolute atomic E-state index is 0.117. The highest BCUT2D eigenvalue weighted by Gasteiger charge is 2.47. The summed E-state index contributed by atoms with van der Waals surface area (Å²) in [5, 5.41) is 10.9. The van der Waals surface area contributed by atoms with Crippen molar-refractivity contribution in [3.8, 4) is 0 Å². The van der Waals surface area contributed by atoms with Crippen LogP contribution in [-0.2, 0) is 6.54 Å². The van der Waals surface area contributed by atoms with Crippen molar-refractivity contribution in [2.24, 2.45) is 5.92 Å². The highest BCUT2D eigenvalue weighted by Crippen LogP contribution is 2.45. The first-order valence-electron chi connectivity index (χ1n) is 7.31. The Morgan fingerprint density at radius 2 is 1.81 bits per heavy atom. The number of hydrogen-bond acceptors (Lipinski definition) is 4. The van der Waals surface area contributed by atoms with Gasteiger partial charge in [-0.25, -0.2) is 0 Å². The topological polar surface area (TPSA) is 51.0 Å². The van der Waals surface area contributed by atoms with Crippen LogP contribution in [0.15, 0.2) is 4.42 Å². The molecule has 1 aromatic heterocycles. The minimum atomic E-state index is -4.20. The van der Waals surface area contributed by atoms with Crippen LogP contribution in [0, 0.1) is 5.92 Å². The molecule has 21 heavy (non-hydrogen) atoms. The van der Waals surface area contributed by atoms with E-state index in [0.29, 0.717) is 25.3 Å². The normalized spacial score (nSPS) is 24.3. The summed E-state index contributed by atoms with van der Waals surface area (Å²) < 4.78 is 44.7. The average molecular weight is 305 g/mol. The number of alkyl halides is 3. The number of nitrogens with one attached hydrogen (secondary N) is 1. The van der Waals surface area contributed by atoms with E-state index in [-0.39, 0.29) is 17.9 Å². The Labute approximate surface area is 122 Å². The van der Waals surface area contributed by atoms with Crippen LogP contribution in [0.5, 0.6) is 0 Å². The molecule has 0 radical (unpaired) electrons. The quantitative estimate of drug-likeness (QED) is 0.923. The third-order valence-electron chi connectivity index (χ3n) is 3.76. The van der Waals surface area contributed by atoms with Gasteiger partial charge < -0.3 is 9.73 Å². The molecule has 0 aliphatic heterocycles. The summed E-state index contributed by atoms with van der Waals surface area (Å²) in [6.45, 7) is 6.33.